The number of nitrogens with zero attached hydrogens (tertiary/aromatic N) is 2. The minimum atomic E-state index is -1.22. The first-order valence-corrected chi connectivity index (χ1v) is 11.1. The second-order valence-corrected chi connectivity index (χ2v) is 9.41. The van der Waals surface area contributed by atoms with Crippen LogP contribution in [0.2, 0.25) is 5.82 Å². The third-order valence-corrected chi connectivity index (χ3v) is 6.60. The molecule has 11 heteroatoms. The predicted octanol–water partition coefficient (Wildman–Crippen LogP) is 2.80. The molecule has 1 aliphatic rings. The summed E-state index contributed by atoms with van der Waals surface area (Å²) in [6.07, 6.45) is 2.43. The monoisotopic (exact) mass is 424 g/mol. The fraction of sp³-hybridized carbons (Fsp3) is 0.375. The molecule has 1 aromatic carbocycles. The molecule has 27 heavy (non-hydrogen) atoms. The average Bonchev–Trinajstić information content (AvgIpc) is 3.00. The van der Waals surface area contributed by atoms with E-state index in [1.807, 2.05) is 13.2 Å². The van der Waals surface area contributed by atoms with Gasteiger partial charge in [0.2, 0.25) is 0 Å². The number of fused-ring (bicyclic) bond motifs is 1. The lowest BCUT2D eigenvalue weighted by Crippen LogP contribution is -2.36. The summed E-state index contributed by atoms with van der Waals surface area (Å²) in [5.74, 6) is -0.943. The van der Waals surface area contributed by atoms with E-state index in [1.54, 1.807) is 12.1 Å². The van der Waals surface area contributed by atoms with Crippen molar-refractivity contribution < 1.29 is 24.4 Å². The molecule has 0 radical (unpaired) electrons. The standard InChI is InChI=1S/C16H17BN2O5S3/c1-8-18-19-16(26-8)27-12-4-3-9-5-10(6-11(20)7-25-2)17(23)24-14(9)13(12)15(21)22/h3-4,10,23H,5-7H2,1-2H3,(H,21,22)/t10-/m1/s1. The lowest BCUT2D eigenvalue weighted by molar-refractivity contribution is -0.116. The smallest absolute Gasteiger partial charge is 0.526 e. The van der Waals surface area contributed by atoms with Gasteiger partial charge in [0.25, 0.3) is 0 Å². The van der Waals surface area contributed by atoms with Crippen LogP contribution in [0.25, 0.3) is 0 Å². The van der Waals surface area contributed by atoms with Gasteiger partial charge in [0, 0.05) is 17.1 Å². The minimum absolute atomic E-state index is 0.00158. The number of carbonyl (C=O) groups is 2. The highest BCUT2D eigenvalue weighted by Gasteiger charge is 2.38. The molecule has 7 nitrogen and oxygen atoms in total. The number of aromatic carboxylic acids is 1. The number of thioether (sulfide) groups is 1. The minimum Gasteiger partial charge on any atom is -0.535 e. The molecule has 0 saturated heterocycles. The Hall–Kier alpha value is -1.56. The Labute approximate surface area is 169 Å². The van der Waals surface area contributed by atoms with E-state index in [9.17, 15) is 19.7 Å². The maximum Gasteiger partial charge on any atom is 0.526 e. The molecule has 0 unspecified atom stereocenters. The van der Waals surface area contributed by atoms with Gasteiger partial charge in [-0.2, -0.15) is 11.8 Å². The van der Waals surface area contributed by atoms with Gasteiger partial charge in [-0.25, -0.2) is 4.79 Å². The Bertz CT molecular complexity index is 876. The second-order valence-electron chi connectivity index (χ2n) is 6.07. The number of rotatable bonds is 7. The third kappa shape index (κ3) is 4.65. The average molecular weight is 424 g/mol. The van der Waals surface area contributed by atoms with Crippen molar-refractivity contribution in [1.29, 1.82) is 0 Å². The van der Waals surface area contributed by atoms with Crippen molar-refractivity contribution in [3.63, 3.8) is 0 Å². The normalized spacial score (nSPS) is 16.0. The first-order chi connectivity index (χ1) is 12.9. The van der Waals surface area contributed by atoms with E-state index in [1.165, 1.54) is 34.9 Å². The summed E-state index contributed by atoms with van der Waals surface area (Å²) in [4.78, 5) is 24.3. The van der Waals surface area contributed by atoms with Crippen molar-refractivity contribution in [1.82, 2.24) is 10.2 Å². The molecule has 1 aromatic heterocycles. The molecule has 2 aromatic rings. The van der Waals surface area contributed by atoms with Crippen molar-refractivity contribution in [2.45, 2.75) is 34.8 Å². The Morgan fingerprint density at radius 1 is 1.41 bits per heavy atom. The first-order valence-electron chi connectivity index (χ1n) is 8.11. The summed E-state index contributed by atoms with van der Waals surface area (Å²) < 4.78 is 6.20. The highest BCUT2D eigenvalue weighted by Crippen LogP contribution is 2.42. The number of aromatic nitrogens is 2. The van der Waals surface area contributed by atoms with Crippen LogP contribution in [0.5, 0.6) is 5.75 Å². The van der Waals surface area contributed by atoms with E-state index in [4.69, 9.17) is 4.65 Å². The first kappa shape index (κ1) is 20.2. The summed E-state index contributed by atoms with van der Waals surface area (Å²) >= 11 is 4.01. The van der Waals surface area contributed by atoms with E-state index in [0.29, 0.717) is 27.0 Å². The van der Waals surface area contributed by atoms with E-state index in [0.717, 1.165) is 5.01 Å². The van der Waals surface area contributed by atoms with Crippen molar-refractivity contribution in [2.24, 2.45) is 0 Å². The largest absolute Gasteiger partial charge is 0.535 e. The van der Waals surface area contributed by atoms with Gasteiger partial charge >= 0.3 is 13.1 Å². The van der Waals surface area contributed by atoms with Crippen molar-refractivity contribution in [3.05, 3.63) is 28.3 Å². The number of aryl methyl sites for hydroxylation is 1. The molecule has 2 N–H and O–H groups in total. The fourth-order valence-electron chi connectivity index (χ4n) is 2.89. The summed E-state index contributed by atoms with van der Waals surface area (Å²) in [5.41, 5.74) is 0.677. The number of hydrogen-bond acceptors (Lipinski definition) is 9. The topological polar surface area (TPSA) is 110 Å². The summed E-state index contributed by atoms with van der Waals surface area (Å²) in [6.45, 7) is 1.82. The fourth-order valence-corrected chi connectivity index (χ4v) is 5.23. The summed E-state index contributed by atoms with van der Waals surface area (Å²) in [6, 6.07) is 3.50. The van der Waals surface area contributed by atoms with Crippen molar-refractivity contribution >= 4 is 53.7 Å². The Kier molecular flexibility index (Phi) is 6.46. The maximum atomic E-state index is 11.9. The lowest BCUT2D eigenvalue weighted by atomic mass is 9.64. The van der Waals surface area contributed by atoms with Gasteiger partial charge in [-0.3, -0.25) is 4.79 Å². The number of hydrogen-bond donors (Lipinski definition) is 2. The third-order valence-electron chi connectivity index (χ3n) is 4.04. The SMILES string of the molecule is CSCC(=O)C[C@H]1Cc2ccc(Sc3nnc(C)s3)c(C(=O)O)c2OB1O. The summed E-state index contributed by atoms with van der Waals surface area (Å²) in [5, 5.41) is 28.8. The number of Topliss-reactive ketones (excluding diaryl/α,β-unsaturated/α-hetero) is 1. The van der Waals surface area contributed by atoms with Crippen molar-refractivity contribution in [2.75, 3.05) is 12.0 Å². The van der Waals surface area contributed by atoms with Gasteiger partial charge in [-0.05, 0) is 31.2 Å². The molecule has 0 amide bonds. The molecule has 3 rings (SSSR count). The molecule has 0 saturated carbocycles. The molecular weight excluding hydrogens is 407 g/mol. The highest BCUT2D eigenvalue weighted by atomic mass is 32.2. The Morgan fingerprint density at radius 3 is 2.81 bits per heavy atom. The molecule has 2 heterocycles. The van der Waals surface area contributed by atoms with Crippen LogP contribution in [0.4, 0.5) is 0 Å². The van der Waals surface area contributed by atoms with Crippen LogP contribution in [0, 0.1) is 6.92 Å². The quantitative estimate of drug-likeness (QED) is 0.649. The molecule has 0 fully saturated rings. The van der Waals surface area contributed by atoms with Crippen LogP contribution in [0.15, 0.2) is 21.4 Å². The van der Waals surface area contributed by atoms with Gasteiger partial charge in [-0.1, -0.05) is 29.2 Å². The van der Waals surface area contributed by atoms with Crippen LogP contribution in [0.1, 0.15) is 27.3 Å². The zero-order valence-corrected chi connectivity index (χ0v) is 17.1. The van der Waals surface area contributed by atoms with E-state index < -0.39 is 13.1 Å². The Morgan fingerprint density at radius 2 is 2.19 bits per heavy atom. The molecule has 1 aliphatic heterocycles. The van der Waals surface area contributed by atoms with Gasteiger partial charge in [-0.15, -0.1) is 10.2 Å². The summed E-state index contributed by atoms with van der Waals surface area (Å²) in [7, 11) is -1.22. The van der Waals surface area contributed by atoms with E-state index in [2.05, 4.69) is 10.2 Å². The van der Waals surface area contributed by atoms with Gasteiger partial charge in [0.05, 0.1) is 5.75 Å². The highest BCUT2D eigenvalue weighted by molar-refractivity contribution is 8.01. The number of carbonyl (C=O) groups excluding carboxylic acids is 1. The van der Waals surface area contributed by atoms with Gasteiger partial charge < -0.3 is 14.8 Å². The van der Waals surface area contributed by atoms with Crippen LogP contribution in [-0.2, 0) is 11.2 Å². The number of benzene rings is 1. The van der Waals surface area contributed by atoms with Crippen LogP contribution < -0.4 is 4.65 Å². The van der Waals surface area contributed by atoms with E-state index in [-0.39, 0.29) is 29.3 Å². The van der Waals surface area contributed by atoms with Gasteiger partial charge in [0.15, 0.2) is 4.34 Å². The zero-order chi connectivity index (χ0) is 19.6. The molecule has 142 valence electrons. The molecule has 0 spiro atoms. The molecule has 0 aliphatic carbocycles. The number of ketones is 1. The molecule has 0 bridgehead atoms. The molecule has 1 atom stereocenters. The van der Waals surface area contributed by atoms with Gasteiger partial charge in [0.1, 0.15) is 22.1 Å². The zero-order valence-electron chi connectivity index (χ0n) is 14.7. The predicted molar refractivity (Wildman–Crippen MR) is 106 cm³/mol. The van der Waals surface area contributed by atoms with Crippen LogP contribution >= 0.6 is 34.9 Å². The number of carboxylic acid groups (broad SMARTS) is 1. The maximum absolute atomic E-state index is 11.9. The molecular formula is C16H17BN2O5S3. The lowest BCUT2D eigenvalue weighted by Gasteiger charge is -2.28. The van der Waals surface area contributed by atoms with E-state index >= 15 is 0 Å². The second kappa shape index (κ2) is 8.64. The van der Waals surface area contributed by atoms with Crippen LogP contribution in [-0.4, -0.2) is 51.2 Å². The number of carboxylic acids is 1. The van der Waals surface area contributed by atoms with Crippen molar-refractivity contribution in [3.8, 4) is 5.75 Å². The van der Waals surface area contributed by atoms with Crippen LogP contribution in [0.3, 0.4) is 0 Å². The Balaban J connectivity index is 1.89.